The molecule has 1 aliphatic rings. The third-order valence-electron chi connectivity index (χ3n) is 3.41. The van der Waals surface area contributed by atoms with E-state index in [0.717, 1.165) is 18.8 Å². The van der Waals surface area contributed by atoms with Crippen molar-refractivity contribution in [3.05, 3.63) is 47.1 Å². The summed E-state index contributed by atoms with van der Waals surface area (Å²) in [7, 11) is 1.68. The molecule has 0 saturated heterocycles. The van der Waals surface area contributed by atoms with Crippen LogP contribution in [-0.4, -0.2) is 30.4 Å². The van der Waals surface area contributed by atoms with Crippen molar-refractivity contribution in [2.24, 2.45) is 0 Å². The highest BCUT2D eigenvalue weighted by Gasteiger charge is 2.30. The monoisotopic (exact) mass is 259 g/mol. The fourth-order valence-corrected chi connectivity index (χ4v) is 2.34. The SMILES string of the molecule is COCCNCc1nc(C2Cc3ccccc32)no1. The van der Waals surface area contributed by atoms with Crippen LogP contribution < -0.4 is 5.32 Å². The van der Waals surface area contributed by atoms with Gasteiger partial charge in [0, 0.05) is 13.7 Å². The fourth-order valence-electron chi connectivity index (χ4n) is 2.34. The van der Waals surface area contributed by atoms with Crippen LogP contribution in [0, 0.1) is 0 Å². The molecule has 1 heterocycles. The summed E-state index contributed by atoms with van der Waals surface area (Å²) in [4.78, 5) is 4.45. The van der Waals surface area contributed by atoms with Gasteiger partial charge in [0.2, 0.25) is 5.89 Å². The maximum absolute atomic E-state index is 5.25. The molecular weight excluding hydrogens is 242 g/mol. The summed E-state index contributed by atoms with van der Waals surface area (Å²) >= 11 is 0. The van der Waals surface area contributed by atoms with Gasteiger partial charge in [-0.1, -0.05) is 29.4 Å². The minimum atomic E-state index is 0.299. The highest BCUT2D eigenvalue weighted by Crippen LogP contribution is 2.38. The first-order valence-corrected chi connectivity index (χ1v) is 6.48. The van der Waals surface area contributed by atoms with E-state index in [4.69, 9.17) is 9.26 Å². The molecule has 0 bridgehead atoms. The van der Waals surface area contributed by atoms with Gasteiger partial charge in [-0.2, -0.15) is 4.98 Å². The number of hydrogen-bond donors (Lipinski definition) is 1. The first kappa shape index (κ1) is 12.3. The number of nitrogens with one attached hydrogen (secondary N) is 1. The molecule has 0 spiro atoms. The minimum absolute atomic E-state index is 0.299. The fraction of sp³-hybridized carbons (Fsp3) is 0.429. The first-order valence-electron chi connectivity index (χ1n) is 6.48. The summed E-state index contributed by atoms with van der Waals surface area (Å²) in [5.41, 5.74) is 2.71. The molecule has 0 saturated carbocycles. The van der Waals surface area contributed by atoms with Crippen molar-refractivity contribution in [3.63, 3.8) is 0 Å². The Bertz CT molecular complexity index is 553. The molecule has 100 valence electrons. The number of aromatic nitrogens is 2. The zero-order valence-electron chi connectivity index (χ0n) is 10.9. The number of ether oxygens (including phenoxy) is 1. The topological polar surface area (TPSA) is 60.2 Å². The van der Waals surface area contributed by atoms with Crippen LogP contribution in [0.5, 0.6) is 0 Å². The highest BCUT2D eigenvalue weighted by molar-refractivity contribution is 5.43. The second-order valence-electron chi connectivity index (χ2n) is 4.67. The molecule has 1 atom stereocenters. The Hall–Kier alpha value is -1.72. The van der Waals surface area contributed by atoms with Gasteiger partial charge in [0.25, 0.3) is 0 Å². The van der Waals surface area contributed by atoms with Gasteiger partial charge >= 0.3 is 0 Å². The van der Waals surface area contributed by atoms with Crippen molar-refractivity contribution < 1.29 is 9.26 Å². The first-order chi connectivity index (χ1) is 9.38. The van der Waals surface area contributed by atoms with Crippen LogP contribution >= 0.6 is 0 Å². The summed E-state index contributed by atoms with van der Waals surface area (Å²) in [6.07, 6.45) is 1.01. The van der Waals surface area contributed by atoms with Crippen molar-refractivity contribution in [3.8, 4) is 0 Å². The van der Waals surface area contributed by atoms with E-state index in [-0.39, 0.29) is 0 Å². The van der Waals surface area contributed by atoms with Crippen molar-refractivity contribution in [1.29, 1.82) is 0 Å². The molecule has 2 aromatic rings. The zero-order valence-corrected chi connectivity index (χ0v) is 10.9. The predicted molar refractivity (Wildman–Crippen MR) is 69.9 cm³/mol. The van der Waals surface area contributed by atoms with Crippen LogP contribution in [0.1, 0.15) is 28.8 Å². The lowest BCUT2D eigenvalue weighted by Crippen LogP contribution is -2.20. The Morgan fingerprint density at radius 2 is 2.32 bits per heavy atom. The zero-order chi connectivity index (χ0) is 13.1. The Morgan fingerprint density at radius 1 is 1.42 bits per heavy atom. The van der Waals surface area contributed by atoms with Crippen LogP contribution in [-0.2, 0) is 17.7 Å². The molecule has 19 heavy (non-hydrogen) atoms. The number of methoxy groups -OCH3 is 1. The van der Waals surface area contributed by atoms with Gasteiger partial charge in [-0.25, -0.2) is 0 Å². The standard InChI is InChI=1S/C14H17N3O2/c1-18-7-6-15-9-13-16-14(17-19-13)12-8-10-4-2-3-5-11(10)12/h2-5,12,15H,6-9H2,1H3. The summed E-state index contributed by atoms with van der Waals surface area (Å²) in [5, 5.41) is 7.27. The van der Waals surface area contributed by atoms with E-state index in [1.807, 2.05) is 0 Å². The molecule has 1 aliphatic carbocycles. The molecule has 1 N–H and O–H groups in total. The second kappa shape index (κ2) is 5.50. The predicted octanol–water partition coefficient (Wildman–Crippen LogP) is 1.49. The van der Waals surface area contributed by atoms with Crippen LogP contribution in [0.4, 0.5) is 0 Å². The number of benzene rings is 1. The smallest absolute Gasteiger partial charge is 0.240 e. The molecule has 1 unspecified atom stereocenters. The molecule has 5 heteroatoms. The Balaban J connectivity index is 1.60. The molecule has 0 amide bonds. The molecule has 5 nitrogen and oxygen atoms in total. The third kappa shape index (κ3) is 2.52. The van der Waals surface area contributed by atoms with Crippen LogP contribution in [0.2, 0.25) is 0 Å². The summed E-state index contributed by atoms with van der Waals surface area (Å²) in [6, 6.07) is 8.41. The Kier molecular flexibility index (Phi) is 3.57. The van der Waals surface area contributed by atoms with E-state index in [1.165, 1.54) is 11.1 Å². The van der Waals surface area contributed by atoms with Crippen LogP contribution in [0.15, 0.2) is 28.8 Å². The maximum atomic E-state index is 5.25. The van der Waals surface area contributed by atoms with Gasteiger partial charge in [-0.05, 0) is 17.5 Å². The van der Waals surface area contributed by atoms with Crippen molar-refractivity contribution in [2.45, 2.75) is 18.9 Å². The normalized spacial score (nSPS) is 17.0. The van der Waals surface area contributed by atoms with Gasteiger partial charge < -0.3 is 14.6 Å². The molecule has 1 aromatic carbocycles. The van der Waals surface area contributed by atoms with Crippen LogP contribution in [0.3, 0.4) is 0 Å². The lowest BCUT2D eigenvalue weighted by molar-refractivity contribution is 0.197. The molecular formula is C14H17N3O2. The van der Waals surface area contributed by atoms with Crippen molar-refractivity contribution in [1.82, 2.24) is 15.5 Å². The minimum Gasteiger partial charge on any atom is -0.383 e. The van der Waals surface area contributed by atoms with E-state index in [2.05, 4.69) is 39.7 Å². The molecule has 1 aromatic heterocycles. The average molecular weight is 259 g/mol. The molecule has 0 radical (unpaired) electrons. The molecule has 0 fully saturated rings. The van der Waals surface area contributed by atoms with Gasteiger partial charge in [-0.15, -0.1) is 0 Å². The van der Waals surface area contributed by atoms with E-state index in [9.17, 15) is 0 Å². The quantitative estimate of drug-likeness (QED) is 0.796. The van der Waals surface area contributed by atoms with Gasteiger partial charge in [-0.3, -0.25) is 0 Å². The van der Waals surface area contributed by atoms with Gasteiger partial charge in [0.05, 0.1) is 19.1 Å². The van der Waals surface area contributed by atoms with E-state index in [1.54, 1.807) is 7.11 Å². The van der Waals surface area contributed by atoms with E-state index >= 15 is 0 Å². The van der Waals surface area contributed by atoms with E-state index < -0.39 is 0 Å². The molecule has 3 rings (SSSR count). The third-order valence-corrected chi connectivity index (χ3v) is 3.41. The Morgan fingerprint density at radius 3 is 3.16 bits per heavy atom. The Labute approximate surface area is 112 Å². The number of nitrogens with zero attached hydrogens (tertiary/aromatic N) is 2. The largest absolute Gasteiger partial charge is 0.383 e. The van der Waals surface area contributed by atoms with E-state index in [0.29, 0.717) is 25.0 Å². The second-order valence-corrected chi connectivity index (χ2v) is 4.67. The van der Waals surface area contributed by atoms with Gasteiger partial charge in [0.1, 0.15) is 0 Å². The van der Waals surface area contributed by atoms with Crippen molar-refractivity contribution >= 4 is 0 Å². The maximum Gasteiger partial charge on any atom is 0.240 e. The summed E-state index contributed by atoms with van der Waals surface area (Å²) in [6.45, 7) is 2.04. The van der Waals surface area contributed by atoms with Gasteiger partial charge in [0.15, 0.2) is 5.82 Å². The highest BCUT2D eigenvalue weighted by atomic mass is 16.5. The number of rotatable bonds is 6. The summed E-state index contributed by atoms with van der Waals surface area (Å²) < 4.78 is 10.2. The lowest BCUT2D eigenvalue weighted by atomic mass is 9.77. The number of fused-ring (bicyclic) bond motifs is 1. The lowest BCUT2D eigenvalue weighted by Gasteiger charge is -2.27. The summed E-state index contributed by atoms with van der Waals surface area (Å²) in [5.74, 6) is 1.73. The van der Waals surface area contributed by atoms with Crippen molar-refractivity contribution in [2.75, 3.05) is 20.3 Å². The number of hydrogen-bond acceptors (Lipinski definition) is 5. The average Bonchev–Trinajstić information content (AvgIpc) is 2.85. The van der Waals surface area contributed by atoms with Crippen LogP contribution in [0.25, 0.3) is 0 Å². The molecule has 0 aliphatic heterocycles.